The monoisotopic (exact) mass is 401 g/mol. The van der Waals surface area contributed by atoms with Crippen LogP contribution in [0.3, 0.4) is 0 Å². The van der Waals surface area contributed by atoms with E-state index < -0.39 is 17.4 Å². The molecule has 1 atom stereocenters. The van der Waals surface area contributed by atoms with Crippen LogP contribution in [-0.4, -0.2) is 37.8 Å². The molecule has 0 saturated heterocycles. The molecule has 0 radical (unpaired) electrons. The van der Waals surface area contributed by atoms with Gasteiger partial charge in [-0.05, 0) is 24.2 Å². The van der Waals surface area contributed by atoms with Gasteiger partial charge in [-0.25, -0.2) is 23.7 Å². The molecule has 1 unspecified atom stereocenters. The smallest absolute Gasteiger partial charge is 0.222 e. The number of aromatic nitrogens is 4. The number of nitrogens with zero attached hydrogens (tertiary/aromatic N) is 4. The van der Waals surface area contributed by atoms with E-state index in [1.807, 2.05) is 12.1 Å². The Kier molecular flexibility index (Phi) is 4.89. The summed E-state index contributed by atoms with van der Waals surface area (Å²) in [6.45, 7) is 0.441. The van der Waals surface area contributed by atoms with Crippen molar-refractivity contribution in [1.29, 1.82) is 0 Å². The zero-order chi connectivity index (χ0) is 19.7. The van der Waals surface area contributed by atoms with Gasteiger partial charge in [0.05, 0.1) is 11.9 Å². The number of pyridine rings is 2. The summed E-state index contributed by atoms with van der Waals surface area (Å²) in [5.74, 6) is -0.555. The maximum absolute atomic E-state index is 13.9. The molecule has 0 spiro atoms. The van der Waals surface area contributed by atoms with Crippen molar-refractivity contribution in [2.75, 3.05) is 11.9 Å². The predicted molar refractivity (Wildman–Crippen MR) is 105 cm³/mol. The zero-order valence-corrected chi connectivity index (χ0v) is 16.0. The van der Waals surface area contributed by atoms with Crippen LogP contribution in [0.5, 0.6) is 5.75 Å². The summed E-state index contributed by atoms with van der Waals surface area (Å²) in [5.41, 5.74) is 0.890. The third kappa shape index (κ3) is 3.52. The Hall–Kier alpha value is -2.73. The molecule has 0 aliphatic heterocycles. The SMILES string of the molecule is Oc1cnc(-c2cnc(NCC3(c4ncccc4P)CC(F)C3)nc2)c(F)c1. The molecule has 0 bridgehead atoms. The Bertz CT molecular complexity index is 996. The van der Waals surface area contributed by atoms with Gasteiger partial charge in [-0.2, -0.15) is 0 Å². The molecule has 3 aromatic rings. The maximum atomic E-state index is 13.9. The lowest BCUT2D eigenvalue weighted by Gasteiger charge is -2.44. The van der Waals surface area contributed by atoms with Crippen LogP contribution < -0.4 is 10.6 Å². The van der Waals surface area contributed by atoms with Crippen LogP contribution >= 0.6 is 9.24 Å². The van der Waals surface area contributed by atoms with Crippen LogP contribution in [0.2, 0.25) is 0 Å². The van der Waals surface area contributed by atoms with Gasteiger partial charge in [0.2, 0.25) is 5.95 Å². The summed E-state index contributed by atoms with van der Waals surface area (Å²) < 4.78 is 27.6. The summed E-state index contributed by atoms with van der Waals surface area (Å²) in [7, 11) is 2.65. The van der Waals surface area contributed by atoms with E-state index in [-0.39, 0.29) is 11.4 Å². The molecule has 3 aromatic heterocycles. The number of alkyl halides is 1. The van der Waals surface area contributed by atoms with Gasteiger partial charge >= 0.3 is 0 Å². The molecule has 1 fully saturated rings. The minimum absolute atomic E-state index is 0.0567. The molecule has 9 heteroatoms. The standard InChI is InChI=1S/C19H18F2N5OP/c20-12-5-19(6-12,17-15(28)2-1-3-22-17)10-26-18-24-7-11(8-25-18)16-14(21)4-13(27)9-23-16/h1-4,7-9,12,27H,5-6,10,28H2,(H,24,25,26). The fraction of sp³-hybridized carbons (Fsp3) is 0.263. The first-order valence-corrected chi connectivity index (χ1v) is 9.30. The summed E-state index contributed by atoms with van der Waals surface area (Å²) in [6.07, 6.45) is 5.70. The molecule has 4 rings (SSSR count). The second-order valence-electron chi connectivity index (χ2n) is 6.90. The highest BCUT2D eigenvalue weighted by atomic mass is 31.0. The van der Waals surface area contributed by atoms with Crippen LogP contribution in [0.1, 0.15) is 18.5 Å². The molecule has 6 nitrogen and oxygen atoms in total. The molecular formula is C19H18F2N5OP. The quantitative estimate of drug-likeness (QED) is 0.640. The van der Waals surface area contributed by atoms with E-state index in [4.69, 9.17) is 0 Å². The molecule has 0 amide bonds. The zero-order valence-electron chi connectivity index (χ0n) is 14.8. The van der Waals surface area contributed by atoms with Crippen LogP contribution in [0.4, 0.5) is 14.7 Å². The molecule has 28 heavy (non-hydrogen) atoms. The second-order valence-corrected chi connectivity index (χ2v) is 7.52. The van der Waals surface area contributed by atoms with Gasteiger partial charge in [0.25, 0.3) is 0 Å². The first-order chi connectivity index (χ1) is 13.5. The minimum atomic E-state index is -0.847. The van der Waals surface area contributed by atoms with Crippen molar-refractivity contribution in [2.24, 2.45) is 0 Å². The van der Waals surface area contributed by atoms with Gasteiger partial charge in [-0.15, -0.1) is 9.24 Å². The van der Waals surface area contributed by atoms with Crippen molar-refractivity contribution in [3.63, 3.8) is 0 Å². The number of nitrogens with one attached hydrogen (secondary N) is 1. The Morgan fingerprint density at radius 2 is 1.93 bits per heavy atom. The van der Waals surface area contributed by atoms with Gasteiger partial charge in [0, 0.05) is 42.2 Å². The lowest BCUT2D eigenvalue weighted by atomic mass is 9.65. The van der Waals surface area contributed by atoms with Crippen LogP contribution in [0.25, 0.3) is 11.3 Å². The van der Waals surface area contributed by atoms with E-state index in [1.54, 1.807) is 6.20 Å². The van der Waals surface area contributed by atoms with E-state index in [9.17, 15) is 13.9 Å². The fourth-order valence-electron chi connectivity index (χ4n) is 3.50. The Labute approximate surface area is 162 Å². The summed E-state index contributed by atoms with van der Waals surface area (Å²) in [5, 5.41) is 13.3. The number of hydrogen-bond acceptors (Lipinski definition) is 6. The number of halogens is 2. The molecule has 0 aromatic carbocycles. The summed E-state index contributed by atoms with van der Waals surface area (Å²) >= 11 is 0. The normalized spacial score (nSPS) is 21.2. The minimum Gasteiger partial charge on any atom is -0.506 e. The van der Waals surface area contributed by atoms with E-state index in [1.165, 1.54) is 12.4 Å². The van der Waals surface area contributed by atoms with Gasteiger partial charge in [0.1, 0.15) is 17.6 Å². The van der Waals surface area contributed by atoms with Crippen molar-refractivity contribution in [3.05, 3.63) is 54.5 Å². The van der Waals surface area contributed by atoms with Gasteiger partial charge in [0.15, 0.2) is 5.82 Å². The first-order valence-electron chi connectivity index (χ1n) is 8.73. The average Bonchev–Trinajstić information content (AvgIpc) is 2.65. The van der Waals surface area contributed by atoms with Gasteiger partial charge in [-0.3, -0.25) is 4.98 Å². The van der Waals surface area contributed by atoms with Crippen LogP contribution in [-0.2, 0) is 5.41 Å². The van der Waals surface area contributed by atoms with Crippen molar-refractivity contribution in [1.82, 2.24) is 19.9 Å². The van der Waals surface area contributed by atoms with Crippen LogP contribution in [0, 0.1) is 5.82 Å². The molecule has 3 heterocycles. The molecule has 2 N–H and O–H groups in total. The Morgan fingerprint density at radius 1 is 1.18 bits per heavy atom. The van der Waals surface area contributed by atoms with E-state index in [0.717, 1.165) is 23.3 Å². The van der Waals surface area contributed by atoms with Crippen molar-refractivity contribution in [3.8, 4) is 17.0 Å². The lowest BCUT2D eigenvalue weighted by Crippen LogP contribution is -2.50. The highest BCUT2D eigenvalue weighted by molar-refractivity contribution is 7.27. The van der Waals surface area contributed by atoms with E-state index >= 15 is 0 Å². The highest BCUT2D eigenvalue weighted by Gasteiger charge is 2.47. The predicted octanol–water partition coefficient (Wildman–Crippen LogP) is 2.76. The average molecular weight is 401 g/mol. The molecule has 1 aliphatic carbocycles. The van der Waals surface area contributed by atoms with E-state index in [0.29, 0.717) is 30.9 Å². The number of rotatable bonds is 5. The fourth-order valence-corrected chi connectivity index (χ4v) is 3.99. The molecule has 1 saturated carbocycles. The summed E-state index contributed by atoms with van der Waals surface area (Å²) in [4.78, 5) is 16.7. The van der Waals surface area contributed by atoms with Crippen molar-refractivity contribution in [2.45, 2.75) is 24.4 Å². The number of aromatic hydroxyl groups is 1. The third-order valence-electron chi connectivity index (χ3n) is 4.90. The third-order valence-corrected chi connectivity index (χ3v) is 5.37. The van der Waals surface area contributed by atoms with Gasteiger partial charge in [-0.1, -0.05) is 6.07 Å². The second kappa shape index (κ2) is 7.36. The maximum Gasteiger partial charge on any atom is 0.222 e. The Balaban J connectivity index is 1.51. The largest absolute Gasteiger partial charge is 0.506 e. The van der Waals surface area contributed by atoms with Crippen molar-refractivity contribution >= 4 is 20.5 Å². The number of hydrogen-bond donors (Lipinski definition) is 2. The first kappa shape index (κ1) is 18.6. The topological polar surface area (TPSA) is 83.8 Å². The van der Waals surface area contributed by atoms with Crippen molar-refractivity contribution < 1.29 is 13.9 Å². The van der Waals surface area contributed by atoms with Crippen LogP contribution in [0.15, 0.2) is 43.0 Å². The molecular weight excluding hydrogens is 383 g/mol. The lowest BCUT2D eigenvalue weighted by molar-refractivity contribution is 0.100. The van der Waals surface area contributed by atoms with E-state index in [2.05, 4.69) is 34.5 Å². The summed E-state index contributed by atoms with van der Waals surface area (Å²) in [6, 6.07) is 4.76. The highest BCUT2D eigenvalue weighted by Crippen LogP contribution is 2.44. The molecule has 1 aliphatic rings. The van der Waals surface area contributed by atoms with Gasteiger partial charge < -0.3 is 10.4 Å². The number of anilines is 1. The molecule has 144 valence electrons. The Morgan fingerprint density at radius 3 is 2.57 bits per heavy atom.